The van der Waals surface area contributed by atoms with Crippen LogP contribution in [-0.4, -0.2) is 29.3 Å². The fraction of sp³-hybridized carbons (Fsp3) is 0.333. The lowest BCUT2D eigenvalue weighted by Gasteiger charge is -2.10. The lowest BCUT2D eigenvalue weighted by molar-refractivity contribution is -0.173. The maximum atomic E-state index is 13.5. The van der Waals surface area contributed by atoms with Crippen molar-refractivity contribution in [3.63, 3.8) is 0 Å². The SMILES string of the molecule is CC1(F)Oc2ccc(/C=C/C(=O)N3CCCC3=O)cc2O1. The van der Waals surface area contributed by atoms with Gasteiger partial charge in [0.2, 0.25) is 5.91 Å². The number of fused-ring (bicyclic) bond motifs is 1. The van der Waals surface area contributed by atoms with Crippen LogP contribution in [0, 0.1) is 0 Å². The Morgan fingerprint density at radius 2 is 2.14 bits per heavy atom. The quantitative estimate of drug-likeness (QED) is 0.784. The van der Waals surface area contributed by atoms with Crippen LogP contribution in [0.4, 0.5) is 4.39 Å². The number of halogens is 1. The molecule has 0 aliphatic carbocycles. The molecule has 1 saturated heterocycles. The number of likely N-dealkylation sites (tertiary alicyclic amines) is 1. The van der Waals surface area contributed by atoms with Crippen molar-refractivity contribution < 1.29 is 23.5 Å². The minimum Gasteiger partial charge on any atom is -0.423 e. The highest BCUT2D eigenvalue weighted by Gasteiger charge is 2.36. The largest absolute Gasteiger partial charge is 0.423 e. The van der Waals surface area contributed by atoms with Crippen LogP contribution in [-0.2, 0) is 9.59 Å². The van der Waals surface area contributed by atoms with Crippen LogP contribution in [0.3, 0.4) is 0 Å². The van der Waals surface area contributed by atoms with Gasteiger partial charge in [-0.3, -0.25) is 14.5 Å². The maximum Gasteiger partial charge on any atom is 0.404 e. The lowest BCUT2D eigenvalue weighted by Crippen LogP contribution is -2.30. The zero-order valence-electron chi connectivity index (χ0n) is 11.5. The monoisotopic (exact) mass is 291 g/mol. The van der Waals surface area contributed by atoms with Crippen LogP contribution in [0.5, 0.6) is 11.5 Å². The van der Waals surface area contributed by atoms with Gasteiger partial charge < -0.3 is 9.47 Å². The molecule has 5 nitrogen and oxygen atoms in total. The summed E-state index contributed by atoms with van der Waals surface area (Å²) in [7, 11) is 0. The van der Waals surface area contributed by atoms with Crippen LogP contribution in [0.15, 0.2) is 24.3 Å². The third-order valence-electron chi connectivity index (χ3n) is 3.31. The number of imide groups is 1. The van der Waals surface area contributed by atoms with E-state index in [4.69, 9.17) is 9.47 Å². The summed E-state index contributed by atoms with van der Waals surface area (Å²) in [5, 5.41) is 0. The molecule has 21 heavy (non-hydrogen) atoms. The first-order valence-corrected chi connectivity index (χ1v) is 6.68. The van der Waals surface area contributed by atoms with E-state index in [0.717, 1.165) is 0 Å². The molecule has 2 aliphatic rings. The summed E-state index contributed by atoms with van der Waals surface area (Å²) < 4.78 is 23.5. The van der Waals surface area contributed by atoms with E-state index in [-0.39, 0.29) is 17.6 Å². The van der Waals surface area contributed by atoms with Crippen LogP contribution in [0.2, 0.25) is 0 Å². The Hall–Kier alpha value is -2.37. The molecule has 3 rings (SSSR count). The van der Waals surface area contributed by atoms with E-state index < -0.39 is 6.04 Å². The van der Waals surface area contributed by atoms with Crippen molar-refractivity contribution in [2.75, 3.05) is 6.54 Å². The first-order valence-electron chi connectivity index (χ1n) is 6.68. The van der Waals surface area contributed by atoms with E-state index in [0.29, 0.717) is 30.7 Å². The molecule has 1 unspecified atom stereocenters. The number of hydrogen-bond donors (Lipinski definition) is 0. The number of carbonyl (C=O) groups is 2. The number of carbonyl (C=O) groups excluding carboxylic acids is 2. The van der Waals surface area contributed by atoms with Crippen molar-refractivity contribution in [1.29, 1.82) is 0 Å². The van der Waals surface area contributed by atoms with E-state index in [1.54, 1.807) is 24.3 Å². The van der Waals surface area contributed by atoms with Crippen LogP contribution in [0.25, 0.3) is 6.08 Å². The van der Waals surface area contributed by atoms with Crippen molar-refractivity contribution in [1.82, 2.24) is 4.90 Å². The predicted octanol–water partition coefficient (Wildman–Crippen LogP) is 2.26. The van der Waals surface area contributed by atoms with Gasteiger partial charge in [0.05, 0.1) is 0 Å². The molecule has 0 bridgehead atoms. The third-order valence-corrected chi connectivity index (χ3v) is 3.31. The molecular weight excluding hydrogens is 277 g/mol. The average Bonchev–Trinajstić information content (AvgIpc) is 2.96. The van der Waals surface area contributed by atoms with Gasteiger partial charge in [-0.2, -0.15) is 4.39 Å². The molecule has 6 heteroatoms. The van der Waals surface area contributed by atoms with Gasteiger partial charge >= 0.3 is 6.04 Å². The topological polar surface area (TPSA) is 55.8 Å². The number of ether oxygens (including phenoxy) is 2. The standard InChI is InChI=1S/C15H14FNO4/c1-15(16)20-11-6-4-10(9-12(11)21-15)5-7-14(19)17-8-2-3-13(17)18/h4-7,9H,2-3,8H2,1H3/b7-5+. The van der Waals surface area contributed by atoms with Gasteiger partial charge in [0.1, 0.15) is 0 Å². The van der Waals surface area contributed by atoms with Crippen molar-refractivity contribution in [2.45, 2.75) is 25.8 Å². The van der Waals surface area contributed by atoms with Gasteiger partial charge in [0.15, 0.2) is 11.5 Å². The molecule has 2 amide bonds. The van der Waals surface area contributed by atoms with Gasteiger partial charge in [-0.05, 0) is 30.2 Å². The number of nitrogens with zero attached hydrogens (tertiary/aromatic N) is 1. The van der Waals surface area contributed by atoms with E-state index in [1.165, 1.54) is 17.9 Å². The molecule has 0 radical (unpaired) electrons. The van der Waals surface area contributed by atoms with Crippen molar-refractivity contribution in [3.8, 4) is 11.5 Å². The van der Waals surface area contributed by atoms with E-state index in [9.17, 15) is 14.0 Å². The molecule has 2 aliphatic heterocycles. The van der Waals surface area contributed by atoms with E-state index in [2.05, 4.69) is 0 Å². The Morgan fingerprint density at radius 1 is 1.38 bits per heavy atom. The summed E-state index contributed by atoms with van der Waals surface area (Å²) in [5.74, 6) is 0.110. The molecule has 1 aromatic carbocycles. The number of benzene rings is 1. The lowest BCUT2D eigenvalue weighted by atomic mass is 10.2. The number of hydrogen-bond acceptors (Lipinski definition) is 4. The Bertz CT molecular complexity index is 639. The summed E-state index contributed by atoms with van der Waals surface area (Å²) >= 11 is 0. The fourth-order valence-corrected chi connectivity index (χ4v) is 2.34. The van der Waals surface area contributed by atoms with Crippen molar-refractivity contribution >= 4 is 17.9 Å². The second kappa shape index (κ2) is 4.87. The van der Waals surface area contributed by atoms with Crippen LogP contribution >= 0.6 is 0 Å². The fourth-order valence-electron chi connectivity index (χ4n) is 2.34. The Kier molecular flexibility index (Phi) is 3.16. The van der Waals surface area contributed by atoms with Crippen molar-refractivity contribution in [2.24, 2.45) is 0 Å². The summed E-state index contributed by atoms with van der Waals surface area (Å²) in [5.41, 5.74) is 0.662. The molecule has 0 aromatic heterocycles. The first kappa shape index (κ1) is 13.6. The van der Waals surface area contributed by atoms with Gasteiger partial charge in [0, 0.05) is 26.0 Å². The van der Waals surface area contributed by atoms with Crippen LogP contribution < -0.4 is 9.47 Å². The van der Waals surface area contributed by atoms with Gasteiger partial charge in [-0.15, -0.1) is 0 Å². The summed E-state index contributed by atoms with van der Waals surface area (Å²) in [4.78, 5) is 24.5. The van der Waals surface area contributed by atoms with Gasteiger partial charge in [0.25, 0.3) is 5.91 Å². The number of rotatable bonds is 2. The van der Waals surface area contributed by atoms with Gasteiger partial charge in [-0.1, -0.05) is 6.07 Å². The van der Waals surface area contributed by atoms with Crippen molar-refractivity contribution in [3.05, 3.63) is 29.8 Å². The zero-order valence-corrected chi connectivity index (χ0v) is 11.5. The highest BCUT2D eigenvalue weighted by atomic mass is 19.2. The van der Waals surface area contributed by atoms with E-state index in [1.807, 2.05) is 0 Å². The Morgan fingerprint density at radius 3 is 2.86 bits per heavy atom. The highest BCUT2D eigenvalue weighted by molar-refractivity contribution is 6.03. The Balaban J connectivity index is 1.73. The second-order valence-electron chi connectivity index (χ2n) is 5.07. The number of alkyl halides is 1. The zero-order chi connectivity index (χ0) is 15.0. The third kappa shape index (κ3) is 2.74. The first-order chi connectivity index (χ1) is 9.94. The summed E-state index contributed by atoms with van der Waals surface area (Å²) in [6.07, 6.45) is 4.01. The minimum atomic E-state index is -2.16. The predicted molar refractivity (Wildman–Crippen MR) is 72.2 cm³/mol. The Labute approximate surface area is 120 Å². The molecule has 1 fully saturated rings. The molecule has 0 saturated carbocycles. The van der Waals surface area contributed by atoms with Gasteiger partial charge in [-0.25, -0.2) is 0 Å². The molecule has 0 spiro atoms. The minimum absolute atomic E-state index is 0.150. The number of amides is 2. The second-order valence-corrected chi connectivity index (χ2v) is 5.07. The summed E-state index contributed by atoms with van der Waals surface area (Å²) in [6.45, 7) is 1.63. The summed E-state index contributed by atoms with van der Waals surface area (Å²) in [6, 6.07) is 2.67. The molecular formula is C15H14FNO4. The average molecular weight is 291 g/mol. The molecule has 0 N–H and O–H groups in total. The maximum absolute atomic E-state index is 13.5. The molecule has 2 heterocycles. The molecule has 1 atom stereocenters. The smallest absolute Gasteiger partial charge is 0.404 e. The van der Waals surface area contributed by atoms with E-state index >= 15 is 0 Å². The molecule has 110 valence electrons. The normalized spacial score (nSPS) is 24.1. The highest BCUT2D eigenvalue weighted by Crippen LogP contribution is 2.40. The molecule has 1 aromatic rings. The van der Waals surface area contributed by atoms with Crippen LogP contribution in [0.1, 0.15) is 25.3 Å².